The Morgan fingerprint density at radius 3 is 1.39 bits per heavy atom. The highest BCUT2D eigenvalue weighted by Crippen LogP contribution is 2.57. The van der Waals surface area contributed by atoms with Crippen molar-refractivity contribution in [3.63, 3.8) is 0 Å². The van der Waals surface area contributed by atoms with Gasteiger partial charge in [-0.2, -0.15) is 0 Å². The zero-order valence-corrected chi connectivity index (χ0v) is 35.9. The summed E-state index contributed by atoms with van der Waals surface area (Å²) in [6.45, 7) is 14.5. The first-order valence-corrected chi connectivity index (χ1v) is 27.7. The van der Waals surface area contributed by atoms with Gasteiger partial charge in [-0.3, -0.25) is 0 Å². The van der Waals surface area contributed by atoms with Gasteiger partial charge in [-0.05, 0) is 73.8 Å². The van der Waals surface area contributed by atoms with Crippen LogP contribution in [0.4, 0.5) is 0 Å². The maximum absolute atomic E-state index is 5.33. The molecule has 0 saturated heterocycles. The molecule has 8 aromatic rings. The summed E-state index contributed by atoms with van der Waals surface area (Å²) in [4.78, 5) is 15.9. The first kappa shape index (κ1) is 35.9. The number of benzene rings is 7. The molecule has 5 heteroatoms. The summed E-state index contributed by atoms with van der Waals surface area (Å²) in [7, 11) is -3.23. The van der Waals surface area contributed by atoms with E-state index in [1.54, 1.807) is 0 Å². The number of nitrogens with zero attached hydrogens (tertiary/aromatic N) is 3. The Kier molecular flexibility index (Phi) is 8.37. The van der Waals surface area contributed by atoms with Gasteiger partial charge in [0.15, 0.2) is 17.5 Å². The first-order valence-electron chi connectivity index (χ1n) is 20.7. The Morgan fingerprint density at radius 2 is 0.825 bits per heavy atom. The zero-order chi connectivity index (χ0) is 39.1. The van der Waals surface area contributed by atoms with Crippen LogP contribution in [0, 0.1) is 0 Å². The van der Waals surface area contributed by atoms with Crippen molar-refractivity contribution < 1.29 is 0 Å². The Labute approximate surface area is 339 Å². The van der Waals surface area contributed by atoms with E-state index in [0.29, 0.717) is 17.5 Å². The van der Waals surface area contributed by atoms with E-state index >= 15 is 0 Å². The molecule has 7 aromatic carbocycles. The highest BCUT2D eigenvalue weighted by Gasteiger charge is 2.44. The van der Waals surface area contributed by atoms with Crippen molar-refractivity contribution in [2.75, 3.05) is 0 Å². The van der Waals surface area contributed by atoms with Crippen LogP contribution in [0.15, 0.2) is 140 Å². The van der Waals surface area contributed by atoms with Crippen molar-refractivity contribution in [3.05, 3.63) is 151 Å². The van der Waals surface area contributed by atoms with Crippen molar-refractivity contribution >= 4 is 48.1 Å². The second-order valence-electron chi connectivity index (χ2n) is 18.4. The van der Waals surface area contributed by atoms with Gasteiger partial charge in [-0.1, -0.05) is 196 Å². The molecular formula is C52H49N3Si2. The Morgan fingerprint density at radius 1 is 0.386 bits per heavy atom. The minimum absolute atomic E-state index is 0.147. The van der Waals surface area contributed by atoms with Gasteiger partial charge in [-0.15, -0.1) is 0 Å². The molecule has 0 bridgehead atoms. The van der Waals surface area contributed by atoms with Gasteiger partial charge < -0.3 is 0 Å². The van der Waals surface area contributed by atoms with Gasteiger partial charge in [0.05, 0.1) is 16.1 Å². The quantitative estimate of drug-likeness (QED) is 0.158. The topological polar surface area (TPSA) is 38.7 Å². The van der Waals surface area contributed by atoms with Crippen LogP contribution < -0.4 is 10.4 Å². The van der Waals surface area contributed by atoms with E-state index in [-0.39, 0.29) is 5.41 Å². The number of hydrogen-bond acceptors (Lipinski definition) is 3. The fourth-order valence-electron chi connectivity index (χ4n) is 10.0. The Balaban J connectivity index is 1.12. The summed E-state index contributed by atoms with van der Waals surface area (Å²) < 4.78 is 0. The third-order valence-electron chi connectivity index (χ3n) is 12.8. The first-order chi connectivity index (χ1) is 27.5. The normalized spacial score (nSPS) is 14.7. The molecule has 0 N–H and O–H groups in total. The fraction of sp³-hybridized carbons (Fsp3) is 0.212. The van der Waals surface area contributed by atoms with Gasteiger partial charge >= 0.3 is 0 Å². The molecule has 0 unspecified atom stereocenters. The molecule has 0 aliphatic heterocycles. The highest BCUT2D eigenvalue weighted by molar-refractivity contribution is 6.91. The number of rotatable bonds is 6. The van der Waals surface area contributed by atoms with Crippen LogP contribution in [0.25, 0.3) is 78.0 Å². The van der Waals surface area contributed by atoms with E-state index in [4.69, 9.17) is 15.0 Å². The molecule has 57 heavy (non-hydrogen) atoms. The number of hydrogen-bond donors (Lipinski definition) is 0. The van der Waals surface area contributed by atoms with E-state index in [9.17, 15) is 0 Å². The van der Waals surface area contributed by atoms with Crippen LogP contribution in [0.1, 0.15) is 36.8 Å². The van der Waals surface area contributed by atoms with Gasteiger partial charge in [0.2, 0.25) is 0 Å². The molecule has 0 amide bonds. The largest absolute Gasteiger partial charge is 0.208 e. The van der Waals surface area contributed by atoms with Crippen LogP contribution >= 0.6 is 0 Å². The summed E-state index contributed by atoms with van der Waals surface area (Å²) in [6, 6.07) is 51.9. The molecule has 1 fully saturated rings. The predicted molar refractivity (Wildman–Crippen MR) is 247 cm³/mol. The maximum Gasteiger partial charge on any atom is 0.164 e. The zero-order valence-electron chi connectivity index (χ0n) is 33.9. The lowest BCUT2D eigenvalue weighted by Crippen LogP contribution is -2.38. The molecule has 1 aromatic heterocycles. The van der Waals surface area contributed by atoms with Crippen molar-refractivity contribution in [3.8, 4) is 56.4 Å². The molecule has 2 aliphatic rings. The lowest BCUT2D eigenvalue weighted by atomic mass is 9.76. The third-order valence-corrected chi connectivity index (χ3v) is 16.9. The molecule has 1 spiro atoms. The van der Waals surface area contributed by atoms with Crippen molar-refractivity contribution in [1.82, 2.24) is 15.0 Å². The van der Waals surface area contributed by atoms with Crippen LogP contribution in [0.2, 0.25) is 39.3 Å². The fourth-order valence-corrected chi connectivity index (χ4v) is 13.2. The number of aromatic nitrogens is 3. The second kappa shape index (κ2) is 13.3. The summed E-state index contributed by atoms with van der Waals surface area (Å²) >= 11 is 0. The van der Waals surface area contributed by atoms with Crippen molar-refractivity contribution in [2.24, 2.45) is 0 Å². The van der Waals surface area contributed by atoms with Gasteiger partial charge in [0.25, 0.3) is 0 Å². The highest BCUT2D eigenvalue weighted by atomic mass is 28.3. The summed E-state index contributed by atoms with van der Waals surface area (Å²) in [6.07, 6.45) is 5.05. The molecule has 0 radical (unpaired) electrons. The molecule has 1 heterocycles. The molecule has 0 atom stereocenters. The molecular weight excluding hydrogens is 723 g/mol. The third kappa shape index (κ3) is 5.93. The lowest BCUT2D eigenvalue weighted by molar-refractivity contribution is 0.550. The monoisotopic (exact) mass is 771 g/mol. The van der Waals surface area contributed by atoms with Crippen LogP contribution in [0.5, 0.6) is 0 Å². The van der Waals surface area contributed by atoms with Crippen LogP contribution in [-0.4, -0.2) is 31.1 Å². The average molecular weight is 772 g/mol. The Hall–Kier alpha value is -5.50. The SMILES string of the molecule is C[Si](C)(C)c1ccc(-c2nc(-c3ccc(-c4ccc5c(c4)C4(CCCC4)c4ccccc4-5)cc3)nc(-c3ccc([Si](C)(C)C)c4ccccc34)n2)c2ccccc12. The van der Waals surface area contributed by atoms with E-state index in [0.717, 1.165) is 16.7 Å². The molecule has 3 nitrogen and oxygen atoms in total. The lowest BCUT2D eigenvalue weighted by Gasteiger charge is -2.27. The smallest absolute Gasteiger partial charge is 0.164 e. The predicted octanol–water partition coefficient (Wildman–Crippen LogP) is 12.8. The van der Waals surface area contributed by atoms with E-state index in [1.165, 1.54) is 91.0 Å². The minimum atomic E-state index is -1.62. The standard InChI is InChI=1S/C52H49N3Si2/c1-56(2,3)47-29-27-43(37-15-7-9-18-41(37)47)50-53-49(54-51(55-50)44-28-30-48(57(4,5)6)42-19-10-8-16-38(42)44)35-23-21-34(22-24-35)36-25-26-40-39-17-11-12-20-45(39)52(46(40)33-36)31-13-14-32-52/h7-12,15-30,33H,13-14,31-32H2,1-6H3. The summed E-state index contributed by atoms with van der Waals surface area (Å²) in [5, 5.41) is 7.87. The van der Waals surface area contributed by atoms with Crippen LogP contribution in [-0.2, 0) is 5.41 Å². The minimum Gasteiger partial charge on any atom is -0.208 e. The summed E-state index contributed by atoms with van der Waals surface area (Å²) in [5.74, 6) is 2.10. The van der Waals surface area contributed by atoms with E-state index in [1.807, 2.05) is 0 Å². The second-order valence-corrected chi connectivity index (χ2v) is 28.5. The summed E-state index contributed by atoms with van der Waals surface area (Å²) in [5.41, 5.74) is 11.5. The molecule has 280 valence electrons. The maximum atomic E-state index is 5.33. The van der Waals surface area contributed by atoms with E-state index < -0.39 is 16.1 Å². The average Bonchev–Trinajstić information content (AvgIpc) is 3.82. The van der Waals surface area contributed by atoms with E-state index in [2.05, 4.69) is 179 Å². The Bertz CT molecular complexity index is 2760. The van der Waals surface area contributed by atoms with Crippen LogP contribution in [0.3, 0.4) is 0 Å². The van der Waals surface area contributed by atoms with Gasteiger partial charge in [0.1, 0.15) is 0 Å². The van der Waals surface area contributed by atoms with Crippen molar-refractivity contribution in [2.45, 2.75) is 70.4 Å². The van der Waals surface area contributed by atoms with Gasteiger partial charge in [0, 0.05) is 22.1 Å². The van der Waals surface area contributed by atoms with Crippen molar-refractivity contribution in [1.29, 1.82) is 0 Å². The number of fused-ring (bicyclic) bond motifs is 7. The molecule has 10 rings (SSSR count). The van der Waals surface area contributed by atoms with Gasteiger partial charge in [-0.25, -0.2) is 15.0 Å². The molecule has 1 saturated carbocycles. The molecule has 2 aliphatic carbocycles.